The fourth-order valence-electron chi connectivity index (χ4n) is 5.33. The molecule has 2 aromatic rings. The molecular formula is C21H26N2O3. The Labute approximate surface area is 153 Å². The van der Waals surface area contributed by atoms with Crippen molar-refractivity contribution in [2.24, 2.45) is 10.8 Å². The molecule has 1 aliphatic heterocycles. The number of aryl methyl sites for hydroxylation is 1. The van der Waals surface area contributed by atoms with Crippen molar-refractivity contribution in [2.45, 2.75) is 53.4 Å². The van der Waals surface area contributed by atoms with E-state index in [1.807, 2.05) is 24.1 Å². The first-order valence-electron chi connectivity index (χ1n) is 9.38. The number of nitrogens with zero attached hydrogens (tertiary/aromatic N) is 1. The Morgan fingerprint density at radius 1 is 1.38 bits per heavy atom. The average molecular weight is 354 g/mol. The summed E-state index contributed by atoms with van der Waals surface area (Å²) in [6, 6.07) is 1.85. The zero-order valence-electron chi connectivity index (χ0n) is 15.9. The number of benzene rings is 1. The highest BCUT2D eigenvalue weighted by Gasteiger charge is 2.54. The van der Waals surface area contributed by atoms with Gasteiger partial charge in [-0.05, 0) is 49.1 Å². The summed E-state index contributed by atoms with van der Waals surface area (Å²) in [6.45, 7) is 9.76. The monoisotopic (exact) mass is 354 g/mol. The number of H-pyrrole nitrogens is 1. The molecule has 5 nitrogen and oxygen atoms in total. The van der Waals surface area contributed by atoms with Gasteiger partial charge in [-0.2, -0.15) is 0 Å². The highest BCUT2D eigenvalue weighted by molar-refractivity contribution is 6.05. The Hall–Kier alpha value is -2.30. The van der Waals surface area contributed by atoms with Crippen LogP contribution in [-0.2, 0) is 16.0 Å². The van der Waals surface area contributed by atoms with Gasteiger partial charge in [-0.25, -0.2) is 0 Å². The molecule has 0 radical (unpaired) electrons. The lowest BCUT2D eigenvalue weighted by Crippen LogP contribution is -2.53. The predicted octanol–water partition coefficient (Wildman–Crippen LogP) is 4.12. The van der Waals surface area contributed by atoms with Crippen molar-refractivity contribution in [1.82, 2.24) is 4.98 Å². The van der Waals surface area contributed by atoms with Crippen LogP contribution >= 0.6 is 0 Å². The molecular weight excluding hydrogens is 328 g/mol. The molecule has 4 rings (SSSR count). The number of carbonyl (C=O) groups is 2. The third-order valence-electron chi connectivity index (χ3n) is 6.26. The van der Waals surface area contributed by atoms with E-state index in [4.69, 9.17) is 4.74 Å². The number of aromatic nitrogens is 1. The van der Waals surface area contributed by atoms with Gasteiger partial charge in [0.25, 0.3) is 6.47 Å². The number of fused-ring (bicyclic) bond motifs is 3. The Morgan fingerprint density at radius 3 is 2.73 bits per heavy atom. The topological polar surface area (TPSA) is 62.4 Å². The van der Waals surface area contributed by atoms with Gasteiger partial charge in [-0.15, -0.1) is 0 Å². The summed E-state index contributed by atoms with van der Waals surface area (Å²) in [5, 5.41) is 1.08. The molecule has 26 heavy (non-hydrogen) atoms. The molecule has 1 aromatic heterocycles. The van der Waals surface area contributed by atoms with E-state index < -0.39 is 0 Å². The van der Waals surface area contributed by atoms with Gasteiger partial charge in [-0.3, -0.25) is 9.59 Å². The average Bonchev–Trinajstić information content (AvgIpc) is 3.15. The first-order chi connectivity index (χ1) is 12.3. The number of aromatic amines is 1. The number of ether oxygens (including phenoxy) is 1. The highest BCUT2D eigenvalue weighted by Crippen LogP contribution is 2.57. The van der Waals surface area contributed by atoms with Crippen molar-refractivity contribution in [1.29, 1.82) is 0 Å². The molecule has 2 heterocycles. The number of anilines is 1. The van der Waals surface area contributed by atoms with E-state index in [2.05, 4.69) is 25.8 Å². The summed E-state index contributed by atoms with van der Waals surface area (Å²) in [7, 11) is 0. The van der Waals surface area contributed by atoms with Gasteiger partial charge in [0.05, 0.1) is 16.6 Å². The van der Waals surface area contributed by atoms with Gasteiger partial charge in [-0.1, -0.05) is 20.8 Å². The maximum absolute atomic E-state index is 13.5. The Morgan fingerprint density at radius 2 is 2.12 bits per heavy atom. The second kappa shape index (κ2) is 5.60. The summed E-state index contributed by atoms with van der Waals surface area (Å²) in [5.74, 6) is 0.712. The van der Waals surface area contributed by atoms with Crippen LogP contribution in [0.15, 0.2) is 12.3 Å². The Bertz CT molecular complexity index is 902. The normalized spacial score (nSPS) is 19.9. The van der Waals surface area contributed by atoms with Crippen LogP contribution in [0.25, 0.3) is 10.9 Å². The second-order valence-corrected chi connectivity index (χ2v) is 8.67. The molecule has 1 aromatic carbocycles. The second-order valence-electron chi connectivity index (χ2n) is 8.67. The van der Waals surface area contributed by atoms with Crippen LogP contribution < -0.4 is 9.64 Å². The zero-order chi connectivity index (χ0) is 18.7. The van der Waals surface area contributed by atoms with E-state index in [1.54, 1.807) is 0 Å². The largest absolute Gasteiger partial charge is 0.426 e. The molecule has 0 atom stereocenters. The minimum Gasteiger partial charge on any atom is -0.426 e. The van der Waals surface area contributed by atoms with Crippen molar-refractivity contribution in [3.63, 3.8) is 0 Å². The van der Waals surface area contributed by atoms with Crippen LogP contribution in [0.3, 0.4) is 0 Å². The number of rotatable bonds is 4. The minimum absolute atomic E-state index is 0.225. The van der Waals surface area contributed by atoms with Gasteiger partial charge >= 0.3 is 0 Å². The van der Waals surface area contributed by atoms with Crippen molar-refractivity contribution in [2.75, 3.05) is 11.4 Å². The summed E-state index contributed by atoms with van der Waals surface area (Å²) in [4.78, 5) is 29.6. The van der Waals surface area contributed by atoms with Crippen LogP contribution in [0.2, 0.25) is 0 Å². The van der Waals surface area contributed by atoms with Crippen molar-refractivity contribution in [3.05, 3.63) is 23.4 Å². The summed E-state index contributed by atoms with van der Waals surface area (Å²) in [5.41, 5.74) is 4.00. The molecule has 1 aliphatic carbocycles. The first-order valence-corrected chi connectivity index (χ1v) is 9.38. The van der Waals surface area contributed by atoms with Gasteiger partial charge in [0.1, 0.15) is 0 Å². The standard InChI is InChI=1S/C21H26N2O3/c1-5-21(10-20(3,4)11-21)19(25)23-7-6-14-15(23)8-16(26-12-24)18-17(14)13(2)9-22-18/h8-9,12,22H,5-7,10-11H2,1-4H3. The van der Waals surface area contributed by atoms with E-state index >= 15 is 0 Å². The maximum atomic E-state index is 13.5. The van der Waals surface area contributed by atoms with E-state index in [0.717, 1.165) is 47.8 Å². The van der Waals surface area contributed by atoms with Crippen LogP contribution in [0.1, 0.15) is 51.2 Å². The minimum atomic E-state index is -0.251. The number of amides is 1. The SMILES string of the molecule is CCC1(C(=O)N2CCc3c2cc(OC=O)c2[nH]cc(C)c32)CC(C)(C)C1. The van der Waals surface area contributed by atoms with E-state index in [0.29, 0.717) is 18.8 Å². The molecule has 138 valence electrons. The van der Waals surface area contributed by atoms with Crippen LogP contribution in [-0.4, -0.2) is 23.9 Å². The van der Waals surface area contributed by atoms with Crippen molar-refractivity contribution in [3.8, 4) is 5.75 Å². The van der Waals surface area contributed by atoms with Crippen LogP contribution in [0, 0.1) is 17.8 Å². The fraction of sp³-hybridized carbons (Fsp3) is 0.524. The lowest BCUT2D eigenvalue weighted by atomic mass is 9.52. The van der Waals surface area contributed by atoms with Gasteiger partial charge < -0.3 is 14.6 Å². The Balaban J connectivity index is 1.79. The van der Waals surface area contributed by atoms with Crippen molar-refractivity contribution >= 4 is 29.0 Å². The third-order valence-corrected chi connectivity index (χ3v) is 6.26. The predicted molar refractivity (Wildman–Crippen MR) is 102 cm³/mol. The smallest absolute Gasteiger partial charge is 0.298 e. The molecule has 0 bridgehead atoms. The van der Waals surface area contributed by atoms with Crippen LogP contribution in [0.5, 0.6) is 5.75 Å². The maximum Gasteiger partial charge on any atom is 0.298 e. The molecule has 2 aliphatic rings. The third kappa shape index (κ3) is 2.29. The Kier molecular flexibility index (Phi) is 3.69. The number of nitrogens with one attached hydrogen (secondary N) is 1. The van der Waals surface area contributed by atoms with Crippen molar-refractivity contribution < 1.29 is 14.3 Å². The van der Waals surface area contributed by atoms with E-state index in [-0.39, 0.29) is 16.7 Å². The lowest BCUT2D eigenvalue weighted by molar-refractivity contribution is -0.142. The number of carbonyl (C=O) groups excluding carboxylic acids is 2. The van der Waals surface area contributed by atoms with Crippen LogP contribution in [0.4, 0.5) is 5.69 Å². The first kappa shape index (κ1) is 17.1. The summed E-state index contributed by atoms with van der Waals surface area (Å²) in [6.07, 6.45) is 5.49. The molecule has 0 spiro atoms. The van der Waals surface area contributed by atoms with Gasteiger partial charge in [0.2, 0.25) is 5.91 Å². The van der Waals surface area contributed by atoms with E-state index in [9.17, 15) is 9.59 Å². The zero-order valence-corrected chi connectivity index (χ0v) is 15.9. The highest BCUT2D eigenvalue weighted by atomic mass is 16.5. The number of hydrogen-bond acceptors (Lipinski definition) is 3. The molecule has 5 heteroatoms. The number of hydrogen-bond donors (Lipinski definition) is 1. The van der Waals surface area contributed by atoms with E-state index in [1.165, 1.54) is 5.56 Å². The quantitative estimate of drug-likeness (QED) is 0.840. The molecule has 1 N–H and O–H groups in total. The molecule has 1 saturated carbocycles. The molecule has 1 amide bonds. The van der Waals surface area contributed by atoms with Gasteiger partial charge in [0.15, 0.2) is 5.75 Å². The lowest BCUT2D eigenvalue weighted by Gasteiger charge is -2.53. The summed E-state index contributed by atoms with van der Waals surface area (Å²) < 4.78 is 5.22. The fourth-order valence-corrected chi connectivity index (χ4v) is 5.33. The molecule has 0 saturated heterocycles. The molecule has 0 unspecified atom stereocenters. The summed E-state index contributed by atoms with van der Waals surface area (Å²) >= 11 is 0. The van der Waals surface area contributed by atoms with Gasteiger partial charge in [0, 0.05) is 24.2 Å². The molecule has 1 fully saturated rings.